The number of primary amides is 1. The quantitative estimate of drug-likeness (QED) is 0.347. The number of hydrogen-bond acceptors (Lipinski definition) is 4. The first-order valence-electron chi connectivity index (χ1n) is 5.73. The molecule has 0 bridgehead atoms. The van der Waals surface area contributed by atoms with Crippen LogP contribution in [0.1, 0.15) is 11.6 Å². The molecule has 1 unspecified atom stereocenters. The van der Waals surface area contributed by atoms with Crippen LogP contribution < -0.4 is 15.8 Å². The minimum Gasteiger partial charge on any atom is -0.405 e. The molecule has 1 atom stereocenters. The molecule has 0 saturated carbocycles. The van der Waals surface area contributed by atoms with Crippen molar-refractivity contribution < 1.29 is 22.7 Å². The van der Waals surface area contributed by atoms with Crippen molar-refractivity contribution in [2.45, 2.75) is 12.4 Å². The Labute approximate surface area is 117 Å². The van der Waals surface area contributed by atoms with Crippen LogP contribution in [0.3, 0.4) is 0 Å². The molecule has 114 valence electrons. The highest BCUT2D eigenvalue weighted by molar-refractivity contribution is 5.82. The smallest absolute Gasteiger partial charge is 0.405 e. The number of nitrogens with one attached hydrogen (secondary N) is 1. The summed E-state index contributed by atoms with van der Waals surface area (Å²) in [5, 5.41) is 5.84. The summed E-state index contributed by atoms with van der Waals surface area (Å²) in [4.78, 5) is 13.9. The lowest BCUT2D eigenvalue weighted by Gasteiger charge is -2.19. The summed E-state index contributed by atoms with van der Waals surface area (Å²) < 4.78 is 40.8. The summed E-state index contributed by atoms with van der Waals surface area (Å²) >= 11 is 0. The molecule has 1 aromatic rings. The molecule has 21 heavy (non-hydrogen) atoms. The Morgan fingerprint density at radius 3 is 2.71 bits per heavy atom. The zero-order valence-electron chi connectivity index (χ0n) is 10.7. The SMILES string of the molecule is [N-]=[N+]=NCCNC(C(N)=O)c1ccccc1OC(F)(F)F. The van der Waals surface area contributed by atoms with Gasteiger partial charge in [-0.2, -0.15) is 0 Å². The van der Waals surface area contributed by atoms with Gasteiger partial charge in [0.05, 0.1) is 0 Å². The second kappa shape index (κ2) is 7.36. The Kier molecular flexibility index (Phi) is 5.82. The normalized spacial score (nSPS) is 12.3. The second-order valence-electron chi connectivity index (χ2n) is 3.83. The van der Waals surface area contributed by atoms with Crippen LogP contribution in [0.4, 0.5) is 13.2 Å². The van der Waals surface area contributed by atoms with Gasteiger partial charge in [0.25, 0.3) is 0 Å². The standard InChI is InChI=1S/C11H12F3N5O2/c12-11(13,14)21-8-4-2-1-3-7(8)9(10(15)20)17-5-6-18-19-16/h1-4,9,17H,5-6H2,(H2,15,20). The zero-order chi connectivity index (χ0) is 15.9. The summed E-state index contributed by atoms with van der Waals surface area (Å²) in [6, 6.07) is 3.95. The molecule has 1 aromatic carbocycles. The third-order valence-electron chi connectivity index (χ3n) is 2.36. The Morgan fingerprint density at radius 2 is 2.14 bits per heavy atom. The zero-order valence-corrected chi connectivity index (χ0v) is 10.7. The van der Waals surface area contributed by atoms with Gasteiger partial charge in [0.1, 0.15) is 11.8 Å². The van der Waals surface area contributed by atoms with Crippen molar-refractivity contribution in [2.24, 2.45) is 10.8 Å². The van der Waals surface area contributed by atoms with Gasteiger partial charge in [-0.05, 0) is 11.6 Å². The van der Waals surface area contributed by atoms with Crippen molar-refractivity contribution in [1.82, 2.24) is 5.32 Å². The van der Waals surface area contributed by atoms with Crippen molar-refractivity contribution in [2.75, 3.05) is 13.1 Å². The number of alkyl halides is 3. The van der Waals surface area contributed by atoms with Crippen LogP contribution in [0.2, 0.25) is 0 Å². The van der Waals surface area contributed by atoms with E-state index in [1.54, 1.807) is 0 Å². The summed E-state index contributed by atoms with van der Waals surface area (Å²) in [6.07, 6.45) is -4.89. The summed E-state index contributed by atoms with van der Waals surface area (Å²) in [5.74, 6) is -1.40. The van der Waals surface area contributed by atoms with Gasteiger partial charge in [0.15, 0.2) is 0 Å². The minimum atomic E-state index is -4.89. The van der Waals surface area contributed by atoms with Gasteiger partial charge < -0.3 is 15.8 Å². The lowest BCUT2D eigenvalue weighted by molar-refractivity contribution is -0.275. The molecule has 0 aliphatic carbocycles. The van der Waals surface area contributed by atoms with Gasteiger partial charge in [-0.3, -0.25) is 4.79 Å². The van der Waals surface area contributed by atoms with Gasteiger partial charge in [-0.15, -0.1) is 13.2 Å². The fourth-order valence-corrected chi connectivity index (χ4v) is 1.60. The lowest BCUT2D eigenvalue weighted by Crippen LogP contribution is -2.35. The molecule has 0 radical (unpaired) electrons. The largest absolute Gasteiger partial charge is 0.573 e. The Bertz CT molecular complexity index is 543. The molecule has 0 aromatic heterocycles. The average molecular weight is 303 g/mol. The highest BCUT2D eigenvalue weighted by Crippen LogP contribution is 2.30. The maximum atomic E-state index is 12.3. The fraction of sp³-hybridized carbons (Fsp3) is 0.364. The number of carbonyl (C=O) groups excluding carboxylic acids is 1. The lowest BCUT2D eigenvalue weighted by atomic mass is 10.1. The Balaban J connectivity index is 2.97. The van der Waals surface area contributed by atoms with Gasteiger partial charge in [-0.25, -0.2) is 0 Å². The number of nitrogens with zero attached hydrogens (tertiary/aromatic N) is 3. The molecule has 0 aliphatic heterocycles. The van der Waals surface area contributed by atoms with E-state index < -0.39 is 24.1 Å². The van der Waals surface area contributed by atoms with E-state index >= 15 is 0 Å². The number of hydrogen-bond donors (Lipinski definition) is 2. The predicted octanol–water partition coefficient (Wildman–Crippen LogP) is 2.01. The van der Waals surface area contributed by atoms with Crippen molar-refractivity contribution in [3.8, 4) is 5.75 Å². The summed E-state index contributed by atoms with van der Waals surface area (Å²) in [6.45, 7) is 0.0839. The fourth-order valence-electron chi connectivity index (χ4n) is 1.60. The molecule has 10 heteroatoms. The number of carbonyl (C=O) groups is 1. The first kappa shape index (κ1) is 16.6. The second-order valence-corrected chi connectivity index (χ2v) is 3.83. The number of halogens is 3. The van der Waals surface area contributed by atoms with E-state index in [9.17, 15) is 18.0 Å². The molecule has 0 spiro atoms. The number of nitrogens with two attached hydrogens (primary N) is 1. The number of benzene rings is 1. The van der Waals surface area contributed by atoms with Crippen LogP contribution in [0.25, 0.3) is 10.4 Å². The highest BCUT2D eigenvalue weighted by atomic mass is 19.4. The molecule has 0 fully saturated rings. The molecule has 0 aliphatic rings. The van der Waals surface area contributed by atoms with E-state index in [2.05, 4.69) is 20.1 Å². The highest BCUT2D eigenvalue weighted by Gasteiger charge is 2.33. The summed E-state index contributed by atoms with van der Waals surface area (Å²) in [5.41, 5.74) is 13.2. The van der Waals surface area contributed by atoms with Gasteiger partial charge in [0, 0.05) is 23.6 Å². The number of ether oxygens (including phenoxy) is 1. The van der Waals surface area contributed by atoms with Gasteiger partial charge in [-0.1, -0.05) is 23.3 Å². The molecular weight excluding hydrogens is 291 g/mol. The van der Waals surface area contributed by atoms with E-state index in [1.165, 1.54) is 18.2 Å². The first-order chi connectivity index (χ1) is 9.85. The monoisotopic (exact) mass is 303 g/mol. The van der Waals surface area contributed by atoms with E-state index in [0.29, 0.717) is 0 Å². The van der Waals surface area contributed by atoms with Crippen molar-refractivity contribution in [3.63, 3.8) is 0 Å². The molecule has 1 amide bonds. The van der Waals surface area contributed by atoms with Crippen molar-refractivity contribution in [3.05, 3.63) is 40.3 Å². The van der Waals surface area contributed by atoms with Crippen LogP contribution in [0.15, 0.2) is 29.4 Å². The maximum Gasteiger partial charge on any atom is 0.573 e. The first-order valence-corrected chi connectivity index (χ1v) is 5.73. The molecule has 3 N–H and O–H groups in total. The Morgan fingerprint density at radius 1 is 1.48 bits per heavy atom. The van der Waals surface area contributed by atoms with Crippen LogP contribution in [0, 0.1) is 0 Å². The van der Waals surface area contributed by atoms with E-state index in [-0.39, 0.29) is 18.7 Å². The van der Waals surface area contributed by atoms with E-state index in [1.807, 2.05) is 0 Å². The number of azide groups is 1. The Hall–Kier alpha value is -2.45. The van der Waals surface area contributed by atoms with E-state index in [0.717, 1.165) is 6.07 Å². The predicted molar refractivity (Wildman–Crippen MR) is 67.1 cm³/mol. The van der Waals surface area contributed by atoms with Gasteiger partial charge >= 0.3 is 6.36 Å². The molecule has 0 saturated heterocycles. The molecule has 7 nitrogen and oxygen atoms in total. The third kappa shape index (κ3) is 5.59. The number of para-hydroxylation sites is 1. The van der Waals surface area contributed by atoms with Crippen LogP contribution >= 0.6 is 0 Å². The molecular formula is C11H12F3N5O2. The number of amides is 1. The van der Waals surface area contributed by atoms with Crippen LogP contribution in [-0.4, -0.2) is 25.4 Å². The average Bonchev–Trinajstić information content (AvgIpc) is 2.38. The molecule has 0 heterocycles. The minimum absolute atomic E-state index is 0.0164. The third-order valence-corrected chi connectivity index (χ3v) is 2.36. The van der Waals surface area contributed by atoms with Crippen LogP contribution in [0.5, 0.6) is 5.75 Å². The van der Waals surface area contributed by atoms with Crippen molar-refractivity contribution in [1.29, 1.82) is 0 Å². The summed E-state index contributed by atoms with van der Waals surface area (Å²) in [7, 11) is 0. The molecule has 1 rings (SSSR count). The van der Waals surface area contributed by atoms with Gasteiger partial charge in [0.2, 0.25) is 5.91 Å². The maximum absolute atomic E-state index is 12.3. The topological polar surface area (TPSA) is 113 Å². The number of rotatable bonds is 7. The van der Waals surface area contributed by atoms with Crippen molar-refractivity contribution >= 4 is 5.91 Å². The van der Waals surface area contributed by atoms with E-state index in [4.69, 9.17) is 11.3 Å². The van der Waals surface area contributed by atoms with Crippen LogP contribution in [-0.2, 0) is 4.79 Å².